The lowest BCUT2D eigenvalue weighted by atomic mass is 9.97. The Balaban J connectivity index is 1.43. The molecule has 1 N–H and O–H groups in total. The molecule has 2 heterocycles. The molecule has 1 fully saturated rings. The highest BCUT2D eigenvalue weighted by molar-refractivity contribution is 7.88. The standard InChI is InChI=1S/C19H24ClN3O2S/c20-18-5-3-4-17(12-18)15-26(24,25)22-13-16-7-10-23(11-8-16)14-19-6-1-2-9-21-19/h1-6,9,12,16,22H,7-8,10-11,13-15H2. The van der Waals surface area contributed by atoms with Crippen LogP contribution >= 0.6 is 11.6 Å². The second-order valence-electron chi connectivity index (χ2n) is 6.78. The summed E-state index contributed by atoms with van der Waals surface area (Å²) in [6, 6.07) is 12.9. The van der Waals surface area contributed by atoms with E-state index in [0.717, 1.165) is 38.2 Å². The van der Waals surface area contributed by atoms with Gasteiger partial charge >= 0.3 is 0 Å². The van der Waals surface area contributed by atoms with Gasteiger partial charge in [-0.05, 0) is 61.7 Å². The summed E-state index contributed by atoms with van der Waals surface area (Å²) in [5, 5.41) is 0.554. The Morgan fingerprint density at radius 3 is 2.65 bits per heavy atom. The van der Waals surface area contributed by atoms with Crippen molar-refractivity contribution in [3.05, 3.63) is 64.9 Å². The van der Waals surface area contributed by atoms with Gasteiger partial charge in [-0.2, -0.15) is 0 Å². The molecule has 0 spiro atoms. The molecule has 2 aromatic rings. The van der Waals surface area contributed by atoms with Crippen molar-refractivity contribution >= 4 is 21.6 Å². The van der Waals surface area contributed by atoms with Gasteiger partial charge in [-0.3, -0.25) is 9.88 Å². The second kappa shape index (κ2) is 8.95. The highest BCUT2D eigenvalue weighted by Crippen LogP contribution is 2.19. The third-order valence-electron chi connectivity index (χ3n) is 4.66. The molecule has 0 aliphatic carbocycles. The van der Waals surface area contributed by atoms with E-state index >= 15 is 0 Å². The van der Waals surface area contributed by atoms with E-state index in [1.54, 1.807) is 24.3 Å². The molecule has 0 saturated carbocycles. The lowest BCUT2D eigenvalue weighted by molar-refractivity contribution is 0.177. The Hall–Kier alpha value is -1.47. The van der Waals surface area contributed by atoms with Gasteiger partial charge in [0, 0.05) is 24.3 Å². The molecule has 0 amide bonds. The molecule has 1 aromatic heterocycles. The number of nitrogens with zero attached hydrogens (tertiary/aromatic N) is 2. The molecule has 26 heavy (non-hydrogen) atoms. The number of benzene rings is 1. The monoisotopic (exact) mass is 393 g/mol. The average molecular weight is 394 g/mol. The van der Waals surface area contributed by atoms with Crippen molar-refractivity contribution < 1.29 is 8.42 Å². The van der Waals surface area contributed by atoms with Crippen molar-refractivity contribution in [2.75, 3.05) is 19.6 Å². The maximum atomic E-state index is 12.3. The van der Waals surface area contributed by atoms with Crippen molar-refractivity contribution in [1.29, 1.82) is 0 Å². The van der Waals surface area contributed by atoms with Crippen LogP contribution in [0.25, 0.3) is 0 Å². The minimum absolute atomic E-state index is 0.0356. The van der Waals surface area contributed by atoms with E-state index in [4.69, 9.17) is 11.6 Å². The fourth-order valence-electron chi connectivity index (χ4n) is 3.21. The first kappa shape index (κ1) is 19.3. The van der Waals surface area contributed by atoms with E-state index in [1.165, 1.54) is 0 Å². The average Bonchev–Trinajstić information content (AvgIpc) is 2.62. The van der Waals surface area contributed by atoms with Crippen LogP contribution in [-0.4, -0.2) is 37.9 Å². The number of halogens is 1. The molecule has 5 nitrogen and oxygen atoms in total. The van der Waals surface area contributed by atoms with Gasteiger partial charge in [0.1, 0.15) is 0 Å². The van der Waals surface area contributed by atoms with Crippen molar-refractivity contribution in [1.82, 2.24) is 14.6 Å². The van der Waals surface area contributed by atoms with Crippen LogP contribution in [0.5, 0.6) is 0 Å². The van der Waals surface area contributed by atoms with Crippen LogP contribution in [0.4, 0.5) is 0 Å². The van der Waals surface area contributed by atoms with Crippen LogP contribution in [0, 0.1) is 5.92 Å². The molecule has 3 rings (SSSR count). The molecule has 1 aliphatic heterocycles. The van der Waals surface area contributed by atoms with E-state index in [2.05, 4.69) is 14.6 Å². The van der Waals surface area contributed by atoms with Gasteiger partial charge in [0.05, 0.1) is 11.4 Å². The fraction of sp³-hybridized carbons (Fsp3) is 0.421. The third-order valence-corrected chi connectivity index (χ3v) is 6.21. The Kier molecular flexibility index (Phi) is 6.64. The van der Waals surface area contributed by atoms with E-state index < -0.39 is 10.0 Å². The molecule has 0 bridgehead atoms. The number of aromatic nitrogens is 1. The van der Waals surface area contributed by atoms with Crippen LogP contribution < -0.4 is 4.72 Å². The van der Waals surface area contributed by atoms with Gasteiger partial charge in [-0.1, -0.05) is 29.8 Å². The zero-order valence-corrected chi connectivity index (χ0v) is 16.2. The van der Waals surface area contributed by atoms with E-state index in [1.807, 2.05) is 24.4 Å². The van der Waals surface area contributed by atoms with Crippen LogP contribution in [0.2, 0.25) is 5.02 Å². The second-order valence-corrected chi connectivity index (χ2v) is 9.02. The van der Waals surface area contributed by atoms with Crippen LogP contribution in [0.3, 0.4) is 0 Å². The molecule has 1 saturated heterocycles. The Morgan fingerprint density at radius 2 is 1.96 bits per heavy atom. The lowest BCUT2D eigenvalue weighted by Crippen LogP contribution is -2.38. The summed E-state index contributed by atoms with van der Waals surface area (Å²) in [7, 11) is -3.35. The van der Waals surface area contributed by atoms with E-state index in [-0.39, 0.29) is 5.75 Å². The molecule has 140 valence electrons. The first-order chi connectivity index (χ1) is 12.5. The first-order valence-electron chi connectivity index (χ1n) is 8.84. The van der Waals surface area contributed by atoms with Gasteiger partial charge < -0.3 is 0 Å². The van der Waals surface area contributed by atoms with E-state index in [9.17, 15) is 8.42 Å². The normalized spacial score (nSPS) is 16.7. The van der Waals surface area contributed by atoms with Gasteiger partial charge in [0.25, 0.3) is 0 Å². The maximum absolute atomic E-state index is 12.3. The number of nitrogens with one attached hydrogen (secondary N) is 1. The lowest BCUT2D eigenvalue weighted by Gasteiger charge is -2.31. The van der Waals surface area contributed by atoms with Gasteiger partial charge in [-0.15, -0.1) is 0 Å². The number of likely N-dealkylation sites (tertiary alicyclic amines) is 1. The predicted octanol–water partition coefficient (Wildman–Crippen LogP) is 3.07. The maximum Gasteiger partial charge on any atom is 0.215 e. The number of rotatable bonds is 7. The van der Waals surface area contributed by atoms with Crippen molar-refractivity contribution in [3.63, 3.8) is 0 Å². The SMILES string of the molecule is O=S(=O)(Cc1cccc(Cl)c1)NCC1CCN(Cc2ccccn2)CC1. The summed E-state index contributed by atoms with van der Waals surface area (Å²) in [6.45, 7) is 3.29. The Morgan fingerprint density at radius 1 is 1.15 bits per heavy atom. The highest BCUT2D eigenvalue weighted by Gasteiger charge is 2.21. The molecule has 1 aromatic carbocycles. The highest BCUT2D eigenvalue weighted by atomic mass is 35.5. The number of hydrogen-bond acceptors (Lipinski definition) is 4. The van der Waals surface area contributed by atoms with Crippen LogP contribution in [0.1, 0.15) is 24.1 Å². The Labute approximate surface area is 160 Å². The third kappa shape index (κ3) is 6.06. The van der Waals surface area contributed by atoms with Crippen molar-refractivity contribution in [2.24, 2.45) is 5.92 Å². The van der Waals surface area contributed by atoms with Gasteiger partial charge in [-0.25, -0.2) is 13.1 Å². The summed E-state index contributed by atoms with van der Waals surface area (Å²) in [5.41, 5.74) is 1.78. The molecule has 0 atom stereocenters. The topological polar surface area (TPSA) is 62.3 Å². The van der Waals surface area contributed by atoms with Crippen molar-refractivity contribution in [2.45, 2.75) is 25.1 Å². The molecule has 7 heteroatoms. The number of sulfonamides is 1. The smallest absolute Gasteiger partial charge is 0.215 e. The minimum Gasteiger partial charge on any atom is -0.297 e. The number of hydrogen-bond donors (Lipinski definition) is 1. The number of pyridine rings is 1. The van der Waals surface area contributed by atoms with Gasteiger partial charge in [0.2, 0.25) is 10.0 Å². The molecule has 1 aliphatic rings. The summed E-state index contributed by atoms with van der Waals surface area (Å²) >= 11 is 5.92. The van der Waals surface area contributed by atoms with Gasteiger partial charge in [0.15, 0.2) is 0 Å². The molecular formula is C19H24ClN3O2S. The summed E-state index contributed by atoms with van der Waals surface area (Å²) < 4.78 is 27.3. The quantitative estimate of drug-likeness (QED) is 0.785. The first-order valence-corrected chi connectivity index (χ1v) is 10.9. The zero-order chi connectivity index (χ0) is 18.4. The van der Waals surface area contributed by atoms with Crippen LogP contribution in [0.15, 0.2) is 48.7 Å². The Bertz CT molecular complexity index is 807. The predicted molar refractivity (Wildman–Crippen MR) is 104 cm³/mol. The number of piperidine rings is 1. The summed E-state index contributed by atoms with van der Waals surface area (Å²) in [4.78, 5) is 6.74. The summed E-state index contributed by atoms with van der Waals surface area (Å²) in [6.07, 6.45) is 3.80. The molecule has 0 radical (unpaired) electrons. The largest absolute Gasteiger partial charge is 0.297 e. The van der Waals surface area contributed by atoms with Crippen LogP contribution in [-0.2, 0) is 22.3 Å². The summed E-state index contributed by atoms with van der Waals surface area (Å²) in [5.74, 6) is 0.343. The molecule has 0 unspecified atom stereocenters. The minimum atomic E-state index is -3.35. The molecular weight excluding hydrogens is 370 g/mol. The van der Waals surface area contributed by atoms with E-state index in [0.29, 0.717) is 23.0 Å². The fourth-order valence-corrected chi connectivity index (χ4v) is 4.63. The van der Waals surface area contributed by atoms with Crippen molar-refractivity contribution in [3.8, 4) is 0 Å². The zero-order valence-electron chi connectivity index (χ0n) is 14.6.